The topological polar surface area (TPSA) is 55.8 Å². The Kier molecular flexibility index (Phi) is 6.31. The molecule has 1 rings (SSSR count). The maximum atomic E-state index is 11.9. The third-order valence-corrected chi connectivity index (χ3v) is 3.00. The summed E-state index contributed by atoms with van der Waals surface area (Å²) in [6.07, 6.45) is 0. The number of benzene rings is 1. The zero-order chi connectivity index (χ0) is 15.1. The number of ether oxygens (including phenoxy) is 2. The molecule has 1 amide bonds. The molecule has 0 spiro atoms. The van der Waals surface area contributed by atoms with Crippen LogP contribution in [0.25, 0.3) is 0 Å². The van der Waals surface area contributed by atoms with E-state index in [9.17, 15) is 9.59 Å². The number of halogens is 1. The van der Waals surface area contributed by atoms with Gasteiger partial charge in [0, 0.05) is 18.6 Å². The van der Waals surface area contributed by atoms with E-state index in [4.69, 9.17) is 16.3 Å². The van der Waals surface area contributed by atoms with Crippen LogP contribution >= 0.6 is 11.6 Å². The number of carbonyl (C=O) groups excluding carboxylic acids is 2. The highest BCUT2D eigenvalue weighted by Crippen LogP contribution is 2.15. The average Bonchev–Trinajstić information content (AvgIpc) is 2.45. The van der Waals surface area contributed by atoms with Crippen LogP contribution in [-0.2, 0) is 14.3 Å². The maximum absolute atomic E-state index is 11.9. The fourth-order valence-corrected chi connectivity index (χ4v) is 1.70. The number of methoxy groups -OCH3 is 1. The van der Waals surface area contributed by atoms with Gasteiger partial charge in [-0.25, -0.2) is 0 Å². The van der Waals surface area contributed by atoms with Crippen molar-refractivity contribution in [3.63, 3.8) is 0 Å². The first kappa shape index (κ1) is 16.3. The van der Waals surface area contributed by atoms with Gasteiger partial charge in [-0.1, -0.05) is 18.5 Å². The van der Waals surface area contributed by atoms with Gasteiger partial charge in [-0.2, -0.15) is 0 Å². The molecule has 1 aromatic carbocycles. The number of nitrogens with zero attached hydrogens (tertiary/aromatic N) is 1. The van der Waals surface area contributed by atoms with Gasteiger partial charge in [-0.05, 0) is 24.3 Å². The summed E-state index contributed by atoms with van der Waals surface area (Å²) in [5.74, 6) is -0.361. The third-order valence-electron chi connectivity index (χ3n) is 2.75. The zero-order valence-electron chi connectivity index (χ0n) is 11.8. The van der Waals surface area contributed by atoms with Gasteiger partial charge in [0.2, 0.25) is 0 Å². The fourth-order valence-electron chi connectivity index (χ4n) is 1.57. The summed E-state index contributed by atoms with van der Waals surface area (Å²) in [6, 6.07) is 6.74. The van der Waals surface area contributed by atoms with Crippen LogP contribution in [0.2, 0.25) is 5.02 Å². The summed E-state index contributed by atoms with van der Waals surface area (Å²) in [7, 11) is 2.94. The number of rotatable bonds is 6. The van der Waals surface area contributed by atoms with Crippen LogP contribution in [0.15, 0.2) is 24.3 Å². The molecule has 1 unspecified atom stereocenters. The highest BCUT2D eigenvalue weighted by Gasteiger charge is 2.18. The Labute approximate surface area is 123 Å². The molecule has 1 atom stereocenters. The second kappa shape index (κ2) is 7.75. The predicted molar refractivity (Wildman–Crippen MR) is 75.8 cm³/mol. The molecule has 6 heteroatoms. The van der Waals surface area contributed by atoms with E-state index in [0.29, 0.717) is 10.8 Å². The van der Waals surface area contributed by atoms with Crippen molar-refractivity contribution in [1.82, 2.24) is 4.90 Å². The molecule has 0 saturated carbocycles. The minimum Gasteiger partial charge on any atom is -0.484 e. The van der Waals surface area contributed by atoms with Crippen molar-refractivity contribution in [3.05, 3.63) is 29.3 Å². The molecule has 0 fully saturated rings. The average molecular weight is 300 g/mol. The molecule has 0 aromatic heterocycles. The summed E-state index contributed by atoms with van der Waals surface area (Å²) in [4.78, 5) is 24.6. The van der Waals surface area contributed by atoms with Gasteiger partial charge in [0.05, 0.1) is 13.0 Å². The number of likely N-dealkylation sites (N-methyl/N-ethyl adjacent to an activating group) is 1. The molecule has 0 aliphatic heterocycles. The molecule has 1 aromatic rings. The van der Waals surface area contributed by atoms with Gasteiger partial charge in [-0.15, -0.1) is 0 Å². The number of esters is 1. The number of amides is 1. The van der Waals surface area contributed by atoms with E-state index in [2.05, 4.69) is 4.74 Å². The fraction of sp³-hybridized carbons (Fsp3) is 0.429. The van der Waals surface area contributed by atoms with Crippen molar-refractivity contribution in [2.45, 2.75) is 6.92 Å². The molecule has 0 bridgehead atoms. The van der Waals surface area contributed by atoms with Gasteiger partial charge in [-0.3, -0.25) is 9.59 Å². The maximum Gasteiger partial charge on any atom is 0.310 e. The van der Waals surface area contributed by atoms with E-state index in [1.165, 1.54) is 12.0 Å². The minimum atomic E-state index is -0.371. The van der Waals surface area contributed by atoms with Gasteiger partial charge in [0.15, 0.2) is 6.61 Å². The predicted octanol–water partition coefficient (Wildman–Crippen LogP) is 1.99. The lowest BCUT2D eigenvalue weighted by Crippen LogP contribution is -2.36. The van der Waals surface area contributed by atoms with Crippen LogP contribution in [-0.4, -0.2) is 44.1 Å². The summed E-state index contributed by atoms with van der Waals surface area (Å²) in [5.41, 5.74) is 0. The molecular weight excluding hydrogens is 282 g/mol. The highest BCUT2D eigenvalue weighted by atomic mass is 35.5. The largest absolute Gasteiger partial charge is 0.484 e. The molecule has 5 nitrogen and oxygen atoms in total. The smallest absolute Gasteiger partial charge is 0.310 e. The molecule has 0 N–H and O–H groups in total. The monoisotopic (exact) mass is 299 g/mol. The molecule has 0 aliphatic carbocycles. The van der Waals surface area contributed by atoms with Crippen LogP contribution in [0.1, 0.15) is 6.92 Å². The Hall–Kier alpha value is -1.75. The summed E-state index contributed by atoms with van der Waals surface area (Å²) >= 11 is 5.75. The molecule has 110 valence electrons. The molecular formula is C14H18ClNO4. The summed E-state index contributed by atoms with van der Waals surface area (Å²) in [5, 5.41) is 0.604. The molecule has 20 heavy (non-hydrogen) atoms. The molecule has 0 saturated heterocycles. The van der Waals surface area contributed by atoms with Crippen molar-refractivity contribution < 1.29 is 19.1 Å². The first-order valence-electron chi connectivity index (χ1n) is 6.14. The first-order chi connectivity index (χ1) is 9.43. The van der Waals surface area contributed by atoms with E-state index in [1.807, 2.05) is 0 Å². The Morgan fingerprint density at radius 1 is 1.30 bits per heavy atom. The third kappa shape index (κ3) is 5.09. The Bertz CT molecular complexity index is 461. The zero-order valence-corrected chi connectivity index (χ0v) is 12.5. The van der Waals surface area contributed by atoms with Gasteiger partial charge in [0.25, 0.3) is 5.91 Å². The quantitative estimate of drug-likeness (QED) is 0.754. The van der Waals surface area contributed by atoms with Crippen molar-refractivity contribution in [1.29, 1.82) is 0 Å². The standard InChI is InChI=1S/C14H18ClNO4/c1-10(14(18)19-3)8-16(2)13(17)9-20-12-6-4-11(15)5-7-12/h4-7,10H,8-9H2,1-3H3. The highest BCUT2D eigenvalue weighted by molar-refractivity contribution is 6.30. The van der Waals surface area contributed by atoms with E-state index < -0.39 is 0 Å². The van der Waals surface area contributed by atoms with Crippen LogP contribution in [0, 0.1) is 5.92 Å². The van der Waals surface area contributed by atoms with Crippen molar-refractivity contribution in [3.8, 4) is 5.75 Å². The Balaban J connectivity index is 2.42. The van der Waals surface area contributed by atoms with Crippen LogP contribution in [0.5, 0.6) is 5.75 Å². The lowest BCUT2D eigenvalue weighted by atomic mass is 10.2. The van der Waals surface area contributed by atoms with E-state index in [0.717, 1.165) is 0 Å². The van der Waals surface area contributed by atoms with Crippen LogP contribution in [0.3, 0.4) is 0 Å². The summed E-state index contributed by atoms with van der Waals surface area (Å²) in [6.45, 7) is 1.90. The Morgan fingerprint density at radius 3 is 2.45 bits per heavy atom. The van der Waals surface area contributed by atoms with E-state index in [-0.39, 0.29) is 30.9 Å². The number of hydrogen-bond acceptors (Lipinski definition) is 4. The number of hydrogen-bond donors (Lipinski definition) is 0. The molecule has 0 aliphatic rings. The van der Waals surface area contributed by atoms with E-state index in [1.54, 1.807) is 38.2 Å². The number of carbonyl (C=O) groups is 2. The van der Waals surface area contributed by atoms with Crippen LogP contribution < -0.4 is 4.74 Å². The SMILES string of the molecule is COC(=O)C(C)CN(C)C(=O)COc1ccc(Cl)cc1. The molecule has 0 heterocycles. The van der Waals surface area contributed by atoms with Crippen LogP contribution in [0.4, 0.5) is 0 Å². The second-order valence-electron chi connectivity index (χ2n) is 4.44. The van der Waals surface area contributed by atoms with E-state index >= 15 is 0 Å². The van der Waals surface area contributed by atoms with Crippen molar-refractivity contribution in [2.24, 2.45) is 5.92 Å². The normalized spacial score (nSPS) is 11.6. The first-order valence-corrected chi connectivity index (χ1v) is 6.52. The second-order valence-corrected chi connectivity index (χ2v) is 4.88. The van der Waals surface area contributed by atoms with Gasteiger partial charge in [0.1, 0.15) is 5.75 Å². The minimum absolute atomic E-state index is 0.0912. The lowest BCUT2D eigenvalue weighted by Gasteiger charge is -2.20. The van der Waals surface area contributed by atoms with Crippen molar-refractivity contribution >= 4 is 23.5 Å². The lowest BCUT2D eigenvalue weighted by molar-refractivity contribution is -0.146. The Morgan fingerprint density at radius 2 is 1.90 bits per heavy atom. The summed E-state index contributed by atoms with van der Waals surface area (Å²) < 4.78 is 9.96. The molecule has 0 radical (unpaired) electrons. The van der Waals surface area contributed by atoms with Crippen molar-refractivity contribution in [2.75, 3.05) is 27.3 Å². The van der Waals surface area contributed by atoms with Gasteiger partial charge < -0.3 is 14.4 Å². The van der Waals surface area contributed by atoms with Gasteiger partial charge >= 0.3 is 5.97 Å².